The molecule has 1 N–H and O–H groups in total. The number of nitro groups is 1. The summed E-state index contributed by atoms with van der Waals surface area (Å²) in [6, 6.07) is 4.60. The van der Waals surface area contributed by atoms with Gasteiger partial charge in [-0.3, -0.25) is 10.1 Å². The summed E-state index contributed by atoms with van der Waals surface area (Å²) in [5.74, 6) is -1.04. The molecular formula is C12H9N3O4S. The zero-order valence-electron chi connectivity index (χ0n) is 10.3. The third kappa shape index (κ3) is 3.09. The molecule has 0 saturated heterocycles. The van der Waals surface area contributed by atoms with Crippen LogP contribution in [0.25, 0.3) is 0 Å². The molecule has 0 spiro atoms. The first kappa shape index (κ1) is 13.9. The molecule has 0 amide bonds. The zero-order chi connectivity index (χ0) is 14.7. The number of aromatic carboxylic acids is 1. The van der Waals surface area contributed by atoms with E-state index in [0.717, 1.165) is 0 Å². The molecule has 0 aliphatic heterocycles. The Kier molecular flexibility index (Phi) is 3.94. The van der Waals surface area contributed by atoms with Crippen LogP contribution in [0.5, 0.6) is 0 Å². The van der Waals surface area contributed by atoms with Gasteiger partial charge in [-0.25, -0.2) is 14.8 Å². The van der Waals surface area contributed by atoms with E-state index in [2.05, 4.69) is 9.97 Å². The molecule has 0 aliphatic carbocycles. The van der Waals surface area contributed by atoms with Crippen molar-refractivity contribution in [2.75, 3.05) is 0 Å². The minimum Gasteiger partial charge on any atom is -0.478 e. The largest absolute Gasteiger partial charge is 0.478 e. The van der Waals surface area contributed by atoms with Gasteiger partial charge in [-0.2, -0.15) is 0 Å². The molecule has 0 aliphatic rings. The maximum Gasteiger partial charge on any atom is 0.337 e. The van der Waals surface area contributed by atoms with Gasteiger partial charge in [-0.15, -0.1) is 0 Å². The topological polar surface area (TPSA) is 106 Å². The van der Waals surface area contributed by atoms with Gasteiger partial charge in [0.2, 0.25) is 0 Å². The molecule has 7 nitrogen and oxygen atoms in total. The number of nitrogens with zero attached hydrogens (tertiary/aromatic N) is 3. The van der Waals surface area contributed by atoms with Gasteiger partial charge in [0, 0.05) is 11.8 Å². The van der Waals surface area contributed by atoms with Crippen molar-refractivity contribution < 1.29 is 14.8 Å². The number of pyridine rings is 2. The molecule has 0 fully saturated rings. The van der Waals surface area contributed by atoms with Gasteiger partial charge in [-0.05, 0) is 25.1 Å². The predicted molar refractivity (Wildman–Crippen MR) is 70.9 cm³/mol. The van der Waals surface area contributed by atoms with Crippen molar-refractivity contribution in [1.82, 2.24) is 9.97 Å². The highest BCUT2D eigenvalue weighted by atomic mass is 32.2. The lowest BCUT2D eigenvalue weighted by molar-refractivity contribution is -0.385. The molecule has 0 radical (unpaired) electrons. The Morgan fingerprint density at radius 3 is 2.50 bits per heavy atom. The van der Waals surface area contributed by atoms with Crippen molar-refractivity contribution in [2.45, 2.75) is 17.0 Å². The number of carboxylic acids is 1. The Labute approximate surface area is 117 Å². The number of hydrogen-bond acceptors (Lipinski definition) is 6. The Hall–Kier alpha value is -2.48. The van der Waals surface area contributed by atoms with Gasteiger partial charge in [-0.1, -0.05) is 11.8 Å². The fraction of sp³-hybridized carbons (Fsp3) is 0.0833. The van der Waals surface area contributed by atoms with Crippen LogP contribution in [-0.4, -0.2) is 26.0 Å². The first-order chi connectivity index (χ1) is 9.47. The summed E-state index contributed by atoms with van der Waals surface area (Å²) >= 11 is 1.20. The molecule has 2 heterocycles. The Bertz CT molecular complexity index is 673. The number of carbonyl (C=O) groups is 1. The van der Waals surface area contributed by atoms with Crippen LogP contribution in [0.4, 0.5) is 5.69 Å². The van der Waals surface area contributed by atoms with E-state index in [1.807, 2.05) is 0 Å². The summed E-state index contributed by atoms with van der Waals surface area (Å²) in [6.07, 6.45) is 2.45. The van der Waals surface area contributed by atoms with Crippen LogP contribution in [0.15, 0.2) is 40.6 Å². The van der Waals surface area contributed by atoms with Crippen molar-refractivity contribution in [1.29, 1.82) is 0 Å². The minimum absolute atomic E-state index is 0.0384. The number of rotatable bonds is 4. The van der Waals surface area contributed by atoms with Crippen molar-refractivity contribution in [2.24, 2.45) is 0 Å². The second-order valence-corrected chi connectivity index (χ2v) is 4.90. The lowest BCUT2D eigenvalue weighted by Gasteiger charge is -2.02. The average molecular weight is 291 g/mol. The summed E-state index contributed by atoms with van der Waals surface area (Å²) in [7, 11) is 0. The summed E-state index contributed by atoms with van der Waals surface area (Å²) in [5, 5.41) is 20.6. The molecule has 0 aromatic carbocycles. The summed E-state index contributed by atoms with van der Waals surface area (Å²) in [5.41, 5.74) is 0.570. The van der Waals surface area contributed by atoms with Crippen LogP contribution in [0.2, 0.25) is 0 Å². The highest BCUT2D eigenvalue weighted by Crippen LogP contribution is 2.27. The lowest BCUT2D eigenvalue weighted by atomic mass is 10.3. The van der Waals surface area contributed by atoms with Crippen LogP contribution in [0.1, 0.15) is 15.9 Å². The Balaban J connectivity index is 2.19. The normalized spacial score (nSPS) is 10.2. The molecule has 0 bridgehead atoms. The van der Waals surface area contributed by atoms with E-state index in [9.17, 15) is 14.9 Å². The maximum absolute atomic E-state index is 10.7. The third-order valence-electron chi connectivity index (χ3n) is 2.45. The molecule has 2 aromatic heterocycles. The number of aryl methyl sites for hydroxylation is 1. The van der Waals surface area contributed by atoms with E-state index >= 15 is 0 Å². The van der Waals surface area contributed by atoms with Gasteiger partial charge in [0.05, 0.1) is 10.5 Å². The van der Waals surface area contributed by atoms with Crippen molar-refractivity contribution >= 4 is 23.4 Å². The number of aromatic nitrogens is 2. The SMILES string of the molecule is Cc1cc(Sc2ccc(C(=O)O)cn2)ncc1[N+](=O)[O-]. The highest BCUT2D eigenvalue weighted by molar-refractivity contribution is 7.99. The Morgan fingerprint density at radius 1 is 1.30 bits per heavy atom. The standard InChI is InChI=1S/C12H9N3O4S/c1-7-4-11(14-6-9(7)15(18)19)20-10-3-2-8(5-13-10)12(16)17/h2-6H,1H3,(H,16,17). The summed E-state index contributed by atoms with van der Waals surface area (Å²) in [6.45, 7) is 1.63. The van der Waals surface area contributed by atoms with Gasteiger partial charge in [0.25, 0.3) is 5.69 Å². The fourth-order valence-electron chi connectivity index (χ4n) is 1.44. The van der Waals surface area contributed by atoms with Crippen molar-refractivity contribution in [3.05, 3.63) is 51.8 Å². The number of hydrogen-bond donors (Lipinski definition) is 1. The van der Waals surface area contributed by atoms with E-state index in [0.29, 0.717) is 15.6 Å². The van der Waals surface area contributed by atoms with Gasteiger partial charge in [0.15, 0.2) is 0 Å². The molecule has 20 heavy (non-hydrogen) atoms. The van der Waals surface area contributed by atoms with Gasteiger partial charge < -0.3 is 5.11 Å². The first-order valence-corrected chi connectivity index (χ1v) is 6.27. The molecule has 2 aromatic rings. The molecule has 8 heteroatoms. The van der Waals surface area contributed by atoms with Crippen LogP contribution in [-0.2, 0) is 0 Å². The van der Waals surface area contributed by atoms with Crippen molar-refractivity contribution in [3.63, 3.8) is 0 Å². The summed E-state index contributed by atoms with van der Waals surface area (Å²) in [4.78, 5) is 28.9. The molecule has 102 valence electrons. The molecular weight excluding hydrogens is 282 g/mol. The first-order valence-electron chi connectivity index (χ1n) is 5.45. The minimum atomic E-state index is -1.04. The van der Waals surface area contributed by atoms with Crippen LogP contribution in [0, 0.1) is 17.0 Å². The average Bonchev–Trinajstić information content (AvgIpc) is 2.39. The van der Waals surface area contributed by atoms with E-state index in [-0.39, 0.29) is 11.3 Å². The van der Waals surface area contributed by atoms with E-state index in [1.54, 1.807) is 19.1 Å². The van der Waals surface area contributed by atoms with E-state index < -0.39 is 10.9 Å². The van der Waals surface area contributed by atoms with Crippen LogP contribution in [0.3, 0.4) is 0 Å². The quantitative estimate of drug-likeness (QED) is 0.681. The fourth-order valence-corrected chi connectivity index (χ4v) is 2.24. The van der Waals surface area contributed by atoms with Crippen LogP contribution >= 0.6 is 11.8 Å². The van der Waals surface area contributed by atoms with Crippen LogP contribution < -0.4 is 0 Å². The van der Waals surface area contributed by atoms with E-state index in [1.165, 1.54) is 30.2 Å². The zero-order valence-corrected chi connectivity index (χ0v) is 11.1. The molecule has 0 unspecified atom stereocenters. The smallest absolute Gasteiger partial charge is 0.337 e. The third-order valence-corrected chi connectivity index (χ3v) is 3.33. The molecule has 0 saturated carbocycles. The molecule has 0 atom stereocenters. The Morgan fingerprint density at radius 2 is 2.00 bits per heavy atom. The lowest BCUT2D eigenvalue weighted by Crippen LogP contribution is -1.97. The maximum atomic E-state index is 10.7. The second-order valence-electron chi connectivity index (χ2n) is 3.86. The molecule has 2 rings (SSSR count). The number of carboxylic acid groups (broad SMARTS) is 1. The predicted octanol–water partition coefficient (Wildman–Crippen LogP) is 2.54. The monoisotopic (exact) mass is 291 g/mol. The second kappa shape index (κ2) is 5.66. The van der Waals surface area contributed by atoms with Gasteiger partial charge >= 0.3 is 5.97 Å². The van der Waals surface area contributed by atoms with Crippen molar-refractivity contribution in [3.8, 4) is 0 Å². The summed E-state index contributed by atoms with van der Waals surface area (Å²) < 4.78 is 0. The van der Waals surface area contributed by atoms with E-state index in [4.69, 9.17) is 5.11 Å². The van der Waals surface area contributed by atoms with Gasteiger partial charge in [0.1, 0.15) is 16.2 Å². The highest BCUT2D eigenvalue weighted by Gasteiger charge is 2.12.